The molecule has 53 heavy (non-hydrogen) atoms. The largest absolute Gasteiger partial charge is 0.481 e. The fraction of sp³-hybridized carbons (Fsp3) is 0.892. The molecule has 3 aliphatic rings. The number of esters is 1. The van der Waals surface area contributed by atoms with Gasteiger partial charge in [0.1, 0.15) is 11.7 Å². The van der Waals surface area contributed by atoms with E-state index in [1.54, 1.807) is 41.7 Å². The molecule has 0 aromatic carbocycles. The Labute approximate surface area is 314 Å². The standard InChI is InChI=1S/C37H65N3O13/c1-19-16-36(7,47)32(53-35-30(45)26(39(9)10)13-20(2)49-35)21(3)31(52-29-17-37(8,48-12)33(23(5)50-29)51-24(6)41)22(4)34(46)38-25(15-28(43)44)14-27(42)40(11)18-19/h19-23,25-26,29-33,35,45,47H,13-18H2,1-12H3,(H,38,46)(H,43,44)/t19-,20-,21+,22-,23+,25+,26+,29+,30-,31+,32-,33+,35+,36-,37-/m1/s1. The number of carbonyl (C=O) groups is 4. The van der Waals surface area contributed by atoms with Crippen LogP contribution in [0.15, 0.2) is 0 Å². The van der Waals surface area contributed by atoms with Gasteiger partial charge in [-0.05, 0) is 60.5 Å². The van der Waals surface area contributed by atoms with Gasteiger partial charge in [-0.15, -0.1) is 0 Å². The van der Waals surface area contributed by atoms with Gasteiger partial charge in [-0.1, -0.05) is 20.8 Å². The second-order valence-corrected chi connectivity index (χ2v) is 16.3. The van der Waals surface area contributed by atoms with Gasteiger partial charge in [0.15, 0.2) is 18.7 Å². The average molecular weight is 760 g/mol. The maximum Gasteiger partial charge on any atom is 0.305 e. The summed E-state index contributed by atoms with van der Waals surface area (Å²) in [6.45, 7) is 13.8. The third kappa shape index (κ3) is 11.5. The number of hydrogen-bond acceptors (Lipinski definition) is 13. The monoisotopic (exact) mass is 759 g/mol. The molecule has 4 N–H and O–H groups in total. The Balaban J connectivity index is 2.13. The molecule has 3 saturated heterocycles. The molecule has 0 aliphatic carbocycles. The number of aliphatic carboxylic acids is 1. The molecule has 306 valence electrons. The van der Waals surface area contributed by atoms with Crippen molar-refractivity contribution < 1.29 is 62.9 Å². The number of amides is 2. The van der Waals surface area contributed by atoms with Crippen LogP contribution in [0, 0.1) is 17.8 Å². The highest BCUT2D eigenvalue weighted by Crippen LogP contribution is 2.40. The molecular formula is C37H65N3O13. The second-order valence-electron chi connectivity index (χ2n) is 16.3. The number of rotatable bonds is 9. The molecule has 3 rings (SSSR count). The van der Waals surface area contributed by atoms with Crippen molar-refractivity contribution in [3.63, 3.8) is 0 Å². The summed E-state index contributed by atoms with van der Waals surface area (Å²) < 4.78 is 37.2. The first kappa shape index (κ1) is 45.0. The van der Waals surface area contributed by atoms with Crippen LogP contribution in [-0.2, 0) is 47.6 Å². The highest BCUT2D eigenvalue weighted by molar-refractivity contribution is 5.82. The Kier molecular flexibility index (Phi) is 15.7. The van der Waals surface area contributed by atoms with Crippen molar-refractivity contribution in [3.8, 4) is 0 Å². The number of hydrogen-bond donors (Lipinski definition) is 4. The Hall–Kier alpha value is -2.44. The number of ether oxygens (including phenoxy) is 6. The molecule has 0 unspecified atom stereocenters. The molecule has 16 nitrogen and oxygen atoms in total. The van der Waals surface area contributed by atoms with E-state index >= 15 is 0 Å². The van der Waals surface area contributed by atoms with Gasteiger partial charge in [-0.25, -0.2) is 0 Å². The number of likely N-dealkylation sites (N-methyl/N-ethyl adjacent to an activating group) is 1. The molecule has 0 aromatic heterocycles. The van der Waals surface area contributed by atoms with Gasteiger partial charge in [0, 0.05) is 58.5 Å². The molecular weight excluding hydrogens is 694 g/mol. The van der Waals surface area contributed by atoms with Crippen LogP contribution >= 0.6 is 0 Å². The van der Waals surface area contributed by atoms with Gasteiger partial charge >= 0.3 is 11.9 Å². The predicted octanol–water partition coefficient (Wildman–Crippen LogP) is 1.53. The van der Waals surface area contributed by atoms with Crippen molar-refractivity contribution in [3.05, 3.63) is 0 Å². The summed E-state index contributed by atoms with van der Waals surface area (Å²) in [6, 6.07) is -1.32. The zero-order valence-corrected chi connectivity index (χ0v) is 33.6. The summed E-state index contributed by atoms with van der Waals surface area (Å²) >= 11 is 0. The number of aliphatic hydroxyl groups excluding tert-OH is 1. The smallest absolute Gasteiger partial charge is 0.305 e. The van der Waals surface area contributed by atoms with E-state index in [4.69, 9.17) is 28.4 Å². The van der Waals surface area contributed by atoms with Crippen LogP contribution < -0.4 is 5.32 Å². The minimum atomic E-state index is -1.62. The Morgan fingerprint density at radius 1 is 1.04 bits per heavy atom. The van der Waals surface area contributed by atoms with Crippen molar-refractivity contribution in [2.75, 3.05) is 34.8 Å². The normalized spacial score (nSPS) is 42.5. The predicted molar refractivity (Wildman–Crippen MR) is 191 cm³/mol. The number of methoxy groups -OCH3 is 1. The van der Waals surface area contributed by atoms with Crippen LogP contribution in [0.5, 0.6) is 0 Å². The minimum Gasteiger partial charge on any atom is -0.481 e. The molecule has 0 bridgehead atoms. The zero-order valence-electron chi connectivity index (χ0n) is 33.6. The molecule has 16 heteroatoms. The molecule has 2 amide bonds. The van der Waals surface area contributed by atoms with E-state index < -0.39 is 96.4 Å². The van der Waals surface area contributed by atoms with E-state index in [0.717, 1.165) is 0 Å². The molecule has 0 radical (unpaired) electrons. The molecule has 15 atom stereocenters. The number of carboxylic acids is 1. The third-order valence-corrected chi connectivity index (χ3v) is 11.1. The van der Waals surface area contributed by atoms with Crippen LogP contribution in [0.2, 0.25) is 0 Å². The molecule has 0 aromatic rings. The van der Waals surface area contributed by atoms with Crippen molar-refractivity contribution in [1.82, 2.24) is 15.1 Å². The summed E-state index contributed by atoms with van der Waals surface area (Å²) in [5.74, 6) is -4.70. The molecule has 3 aliphatic heterocycles. The number of aliphatic hydroxyl groups is 2. The van der Waals surface area contributed by atoms with Crippen LogP contribution in [0.4, 0.5) is 0 Å². The van der Waals surface area contributed by atoms with Gasteiger partial charge in [0.05, 0.1) is 42.4 Å². The fourth-order valence-electron chi connectivity index (χ4n) is 8.35. The number of nitrogens with zero attached hydrogens (tertiary/aromatic N) is 2. The van der Waals surface area contributed by atoms with E-state index in [1.165, 1.54) is 18.9 Å². The summed E-state index contributed by atoms with van der Waals surface area (Å²) in [5, 5.41) is 36.3. The quantitative estimate of drug-likeness (QED) is 0.247. The summed E-state index contributed by atoms with van der Waals surface area (Å²) in [5.41, 5.74) is -2.66. The third-order valence-electron chi connectivity index (χ3n) is 11.1. The zero-order chi connectivity index (χ0) is 40.2. The lowest BCUT2D eigenvalue weighted by atomic mass is 9.77. The first-order chi connectivity index (χ1) is 24.5. The average Bonchev–Trinajstić information content (AvgIpc) is 3.03. The number of nitrogens with one attached hydrogen (secondary N) is 1. The van der Waals surface area contributed by atoms with Gasteiger partial charge in [0.25, 0.3) is 0 Å². The Morgan fingerprint density at radius 2 is 1.68 bits per heavy atom. The second kappa shape index (κ2) is 18.5. The van der Waals surface area contributed by atoms with Crippen molar-refractivity contribution in [2.45, 2.75) is 160 Å². The summed E-state index contributed by atoms with van der Waals surface area (Å²) in [6.07, 6.45) is -7.08. The first-order valence-corrected chi connectivity index (χ1v) is 18.7. The molecule has 0 spiro atoms. The van der Waals surface area contributed by atoms with Crippen LogP contribution in [0.3, 0.4) is 0 Å². The van der Waals surface area contributed by atoms with Crippen LogP contribution in [-0.4, -0.2) is 156 Å². The maximum absolute atomic E-state index is 14.1. The van der Waals surface area contributed by atoms with Gasteiger partial charge in [-0.3, -0.25) is 19.2 Å². The fourth-order valence-corrected chi connectivity index (χ4v) is 8.35. The SMILES string of the molecule is CO[C@]1(C)C[C@H](O[C@H]2[C@H](C)[C@@H](O[C@@H]3O[C@H](C)C[C@H](N(C)C)[C@H]3O)[C@](C)(O)C[C@@H](C)CN(C)C(=O)C[C@@H](CC(=O)O)NC(=O)[C@@H]2C)O[C@@H](C)[C@@H]1OC(C)=O. The topological polar surface area (TPSA) is 203 Å². The van der Waals surface area contributed by atoms with E-state index in [2.05, 4.69) is 5.32 Å². The van der Waals surface area contributed by atoms with Crippen molar-refractivity contribution in [2.24, 2.45) is 17.8 Å². The summed E-state index contributed by atoms with van der Waals surface area (Å²) in [4.78, 5) is 54.6. The van der Waals surface area contributed by atoms with E-state index in [1.807, 2.05) is 32.8 Å². The maximum atomic E-state index is 14.1. The first-order valence-electron chi connectivity index (χ1n) is 18.7. The Bertz CT molecular complexity index is 1270. The number of carbonyl (C=O) groups excluding carboxylic acids is 3. The van der Waals surface area contributed by atoms with Gasteiger partial charge in [0.2, 0.25) is 11.8 Å². The van der Waals surface area contributed by atoms with Crippen molar-refractivity contribution >= 4 is 23.8 Å². The minimum absolute atomic E-state index is 0.0945. The lowest BCUT2D eigenvalue weighted by Gasteiger charge is -2.49. The lowest BCUT2D eigenvalue weighted by molar-refractivity contribution is -0.318. The highest BCUT2D eigenvalue weighted by atomic mass is 16.7. The molecule has 3 fully saturated rings. The number of carboxylic acid groups (broad SMARTS) is 1. The lowest BCUT2D eigenvalue weighted by Crippen LogP contribution is -2.61. The van der Waals surface area contributed by atoms with Crippen LogP contribution in [0.1, 0.15) is 87.5 Å². The van der Waals surface area contributed by atoms with E-state index in [0.29, 0.717) is 6.42 Å². The van der Waals surface area contributed by atoms with Gasteiger partial charge in [-0.2, -0.15) is 0 Å². The van der Waals surface area contributed by atoms with Crippen LogP contribution in [0.25, 0.3) is 0 Å². The van der Waals surface area contributed by atoms with Gasteiger partial charge < -0.3 is 58.9 Å². The Morgan fingerprint density at radius 3 is 2.25 bits per heavy atom. The molecule has 0 saturated carbocycles. The van der Waals surface area contributed by atoms with E-state index in [-0.39, 0.29) is 49.8 Å². The van der Waals surface area contributed by atoms with Crippen molar-refractivity contribution in [1.29, 1.82) is 0 Å². The van der Waals surface area contributed by atoms with E-state index in [9.17, 15) is 34.5 Å². The highest BCUT2D eigenvalue weighted by Gasteiger charge is 2.52. The summed E-state index contributed by atoms with van der Waals surface area (Å²) in [7, 11) is 6.81. The molecule has 3 heterocycles.